The van der Waals surface area contributed by atoms with E-state index in [0.717, 1.165) is 0 Å². The molecule has 1 unspecified atom stereocenters. The summed E-state index contributed by atoms with van der Waals surface area (Å²) in [4.78, 5) is 275. The number of amides is 18. The highest BCUT2D eigenvalue weighted by Crippen LogP contribution is 2.26. The molecule has 45 heteroatoms. The largest absolute Gasteiger partial charge is 0.508 e. The van der Waals surface area contributed by atoms with Crippen molar-refractivity contribution in [1.82, 2.24) is 99.5 Å². The maximum atomic E-state index is 15.1. The van der Waals surface area contributed by atoms with Crippen LogP contribution in [0, 0.1) is 41.4 Å². The highest BCUT2D eigenvalue weighted by molar-refractivity contribution is 6.02. The number of imidazole rings is 1. The van der Waals surface area contributed by atoms with Crippen molar-refractivity contribution in [2.45, 2.75) is 297 Å². The molecule has 0 spiro atoms. The van der Waals surface area contributed by atoms with Gasteiger partial charge in [0.05, 0.1) is 32.6 Å². The number of hydrogen-bond donors (Lipinski definition) is 23. The lowest BCUT2D eigenvalue weighted by Gasteiger charge is -2.32. The van der Waals surface area contributed by atoms with E-state index in [4.69, 9.17) is 11.5 Å². The number of aromatic amines is 1. The zero-order chi connectivity index (χ0) is 103. The van der Waals surface area contributed by atoms with Crippen molar-refractivity contribution < 1.29 is 117 Å². The molecule has 2 saturated heterocycles. The first-order valence-corrected chi connectivity index (χ1v) is 47.1. The number of phenols is 2. The molecule has 45 nitrogen and oxygen atoms in total. The van der Waals surface area contributed by atoms with E-state index in [1.807, 2.05) is 0 Å². The minimum absolute atomic E-state index is 0.0184. The smallest absolute Gasteiger partial charge is 0.326 e. The van der Waals surface area contributed by atoms with Gasteiger partial charge in [0.15, 0.2) is 0 Å². The standard InChI is InChI=1S/C93H145N21O24/c1-16-52(13)76(89(133)98-42-73(120)97-43-74(121)110-75(51(11)12)93(137)138)111-86(130)69(45-116)109-87(131)70-20-18-32-113(70)92(136)68(37-50(9)10)108-84(128)65(39-56-24-28-59(118)29-25-56)102-78(122)54(15)100-81(125)64(38-55-22-26-58(117)27-23-55)104-85(129)66(40-57-41-96-46-99-57)105-83(127)63(35-48(5)6)106-90(134)77(53(14)17-2)112-88(132)71-21-19-33-114(71)91(135)67(36-49(7)8)107-80(124)61(30-31-72(95)119)101-82(126)62(34-47(3)4)103-79(123)60(94)44-115/h22-29,41,46-54,60-71,75-77,115-118H,16-21,30-40,42-45,94H2,1-15H3,(H2,95,119)(H,96,99)(H,97,120)(H,98,133)(H,100,125)(H,101,126)(H,102,122)(H,103,123)(H,104,129)(H,105,127)(H,106,134)(H,107,124)(H,108,128)(H,109,131)(H,110,121)(H,111,130)(H,112,132)(H,137,138)/t52-,53-,54-,60-,61-,62-,63-,64-,65-,66-,67-,68-,69?,70-,71-,75-,76-,77-/m0/s1. The minimum atomic E-state index is -1.70. The number of nitrogens with two attached hydrogens (primary N) is 2. The van der Waals surface area contributed by atoms with E-state index < -0.39 is 253 Å². The molecule has 0 bridgehead atoms. The summed E-state index contributed by atoms with van der Waals surface area (Å²) < 4.78 is 0. The third kappa shape index (κ3) is 37.5. The average Bonchev–Trinajstić information content (AvgIpc) is 1.63. The van der Waals surface area contributed by atoms with E-state index in [1.54, 1.807) is 96.9 Å². The molecule has 2 aromatic carbocycles. The Balaban J connectivity index is 1.35. The molecule has 0 radical (unpaired) electrons. The number of carbonyl (C=O) groups excluding carboxylic acids is 18. The Morgan fingerprint density at radius 1 is 0.420 bits per heavy atom. The van der Waals surface area contributed by atoms with Gasteiger partial charge in [0.25, 0.3) is 0 Å². The Morgan fingerprint density at radius 3 is 1.24 bits per heavy atom. The number of carbonyl (C=O) groups is 19. The van der Waals surface area contributed by atoms with Crippen molar-refractivity contribution in [3.05, 3.63) is 77.9 Å². The first kappa shape index (κ1) is 116. The van der Waals surface area contributed by atoms with Gasteiger partial charge in [0, 0.05) is 50.7 Å². The van der Waals surface area contributed by atoms with E-state index in [9.17, 15) is 107 Å². The number of aromatic hydroxyl groups is 2. The number of likely N-dealkylation sites (tertiary alicyclic amines) is 2. The second-order valence-corrected chi connectivity index (χ2v) is 37.5. The van der Waals surface area contributed by atoms with Crippen LogP contribution in [0.15, 0.2) is 61.1 Å². The van der Waals surface area contributed by atoms with Gasteiger partial charge in [0.1, 0.15) is 108 Å². The Kier molecular flexibility index (Phi) is 47.5. The number of phenolic OH excluding ortho intramolecular Hbond substituents is 2. The predicted octanol–water partition coefficient (Wildman–Crippen LogP) is -3.02. The molecule has 18 atom stereocenters. The molecule has 18 amide bonds. The summed E-state index contributed by atoms with van der Waals surface area (Å²) in [6.45, 7) is 22.4. The Labute approximate surface area is 803 Å². The number of rotatable bonds is 57. The van der Waals surface area contributed by atoms with Crippen LogP contribution in [0.4, 0.5) is 0 Å². The highest BCUT2D eigenvalue weighted by Gasteiger charge is 2.45. The van der Waals surface area contributed by atoms with Crippen LogP contribution in [-0.2, 0) is 110 Å². The van der Waals surface area contributed by atoms with Gasteiger partial charge in [-0.2, -0.15) is 0 Å². The number of aliphatic hydroxyl groups is 2. The van der Waals surface area contributed by atoms with Crippen molar-refractivity contribution >= 4 is 112 Å². The summed E-state index contributed by atoms with van der Waals surface area (Å²) in [7, 11) is 0. The molecule has 0 aliphatic carbocycles. The molecule has 25 N–H and O–H groups in total. The molecule has 3 heterocycles. The van der Waals surface area contributed by atoms with Crippen molar-refractivity contribution in [3.63, 3.8) is 0 Å². The van der Waals surface area contributed by atoms with Crippen LogP contribution < -0.4 is 91.2 Å². The van der Waals surface area contributed by atoms with Crippen LogP contribution in [0.5, 0.6) is 11.5 Å². The third-order valence-corrected chi connectivity index (χ3v) is 23.7. The van der Waals surface area contributed by atoms with Gasteiger partial charge in [-0.1, -0.05) is 134 Å². The number of benzene rings is 2. The lowest BCUT2D eigenvalue weighted by atomic mass is 9.96. The number of aliphatic hydroxyl groups excluding tert-OH is 2. The molecule has 138 heavy (non-hydrogen) atoms. The average molecular weight is 1940 g/mol. The van der Waals surface area contributed by atoms with Crippen molar-refractivity contribution in [3.8, 4) is 11.5 Å². The molecule has 766 valence electrons. The molecule has 1 aromatic heterocycles. The lowest BCUT2D eigenvalue weighted by Crippen LogP contribution is -2.62. The zero-order valence-electron chi connectivity index (χ0n) is 81.4. The van der Waals surface area contributed by atoms with E-state index in [0.29, 0.717) is 36.1 Å². The number of aliphatic carboxylic acids is 1. The molecule has 2 aliphatic heterocycles. The molecular weight excluding hydrogens is 1800 g/mol. The maximum absolute atomic E-state index is 15.1. The summed E-state index contributed by atoms with van der Waals surface area (Å²) >= 11 is 0. The van der Waals surface area contributed by atoms with E-state index in [-0.39, 0.29) is 125 Å². The second kappa shape index (κ2) is 56.7. The van der Waals surface area contributed by atoms with Crippen LogP contribution >= 0.6 is 0 Å². The van der Waals surface area contributed by atoms with Crippen molar-refractivity contribution in [2.24, 2.45) is 52.9 Å². The quantitative estimate of drug-likeness (QED) is 0.0267. The van der Waals surface area contributed by atoms with Crippen LogP contribution in [0.25, 0.3) is 0 Å². The fourth-order valence-corrected chi connectivity index (χ4v) is 15.6. The third-order valence-electron chi connectivity index (χ3n) is 23.7. The summed E-state index contributed by atoms with van der Waals surface area (Å²) in [5.41, 5.74) is 12.3. The van der Waals surface area contributed by atoms with Gasteiger partial charge in [-0.3, -0.25) is 86.3 Å². The van der Waals surface area contributed by atoms with Gasteiger partial charge in [0.2, 0.25) is 106 Å². The molecule has 2 aliphatic rings. The second-order valence-electron chi connectivity index (χ2n) is 37.5. The normalized spacial score (nSPS) is 17.1. The predicted molar refractivity (Wildman–Crippen MR) is 502 cm³/mol. The molecule has 2 fully saturated rings. The Hall–Kier alpha value is -12.9. The number of aromatic nitrogens is 2. The molecule has 5 rings (SSSR count). The van der Waals surface area contributed by atoms with E-state index in [1.165, 1.54) is 77.8 Å². The number of primary amides is 1. The zero-order valence-corrected chi connectivity index (χ0v) is 81.4. The fraction of sp³-hybridized carbons (Fsp3) is 0.634. The topological polar surface area (TPSA) is 693 Å². The minimum Gasteiger partial charge on any atom is -0.508 e. The van der Waals surface area contributed by atoms with Crippen molar-refractivity contribution in [2.75, 3.05) is 39.4 Å². The SMILES string of the molecule is CC[C@H](C)[C@H](NC(=O)C(CO)NC(=O)[C@@H]1CCCN1C(=O)[C@H](CC(C)C)NC(=O)[C@H](Cc1ccc(O)cc1)NC(=O)[C@H](C)NC(=O)[C@H](Cc1ccc(O)cc1)NC(=O)[C@H](Cc1cnc[nH]1)NC(=O)[C@H](CC(C)C)NC(=O)[C@@H](NC(=O)[C@@H]1CCCN1C(=O)[C@H](CC(C)C)NC(=O)[C@H](CCC(N)=O)NC(=O)[C@H](CC(C)C)NC(=O)[C@@H](N)CO)[C@@H](C)CC)C(=O)NCC(=O)NCC(=O)N[C@H](C(=O)O)C(C)C. The van der Waals surface area contributed by atoms with Crippen LogP contribution in [0.1, 0.15) is 198 Å². The number of H-pyrrole nitrogens is 1. The van der Waals surface area contributed by atoms with E-state index in [2.05, 4.69) is 89.7 Å². The Morgan fingerprint density at radius 2 is 0.812 bits per heavy atom. The number of nitrogens with zero attached hydrogens (tertiary/aromatic N) is 3. The van der Waals surface area contributed by atoms with Crippen LogP contribution in [0.3, 0.4) is 0 Å². The van der Waals surface area contributed by atoms with Crippen LogP contribution in [-0.4, -0.2) is 294 Å². The summed E-state index contributed by atoms with van der Waals surface area (Å²) in [6, 6.07) is -11.4. The first-order chi connectivity index (χ1) is 65.0. The van der Waals surface area contributed by atoms with Crippen molar-refractivity contribution in [1.29, 1.82) is 0 Å². The van der Waals surface area contributed by atoms with Gasteiger partial charge >= 0.3 is 5.97 Å². The van der Waals surface area contributed by atoms with Crippen LogP contribution in [0.2, 0.25) is 0 Å². The van der Waals surface area contributed by atoms with Gasteiger partial charge < -0.3 is 132 Å². The summed E-state index contributed by atoms with van der Waals surface area (Å²) in [5.74, 6) is -19.8. The van der Waals surface area contributed by atoms with E-state index >= 15 is 9.59 Å². The summed E-state index contributed by atoms with van der Waals surface area (Å²) in [6.07, 6.45) is 2.48. The highest BCUT2D eigenvalue weighted by atomic mass is 16.4. The maximum Gasteiger partial charge on any atom is 0.326 e. The van der Waals surface area contributed by atoms with Gasteiger partial charge in [-0.15, -0.1) is 0 Å². The number of carboxylic acid groups (broad SMARTS) is 1. The van der Waals surface area contributed by atoms with Gasteiger partial charge in [-0.25, -0.2) is 9.78 Å². The van der Waals surface area contributed by atoms with Gasteiger partial charge in [-0.05, 0) is 142 Å². The molecular formula is C93H145N21O24. The Bertz CT molecular complexity index is 4630. The monoisotopic (exact) mass is 1940 g/mol. The fourth-order valence-electron chi connectivity index (χ4n) is 15.6. The molecule has 0 saturated carbocycles. The number of hydrogen-bond acceptors (Lipinski definition) is 25. The molecule has 3 aromatic rings. The first-order valence-electron chi connectivity index (χ1n) is 47.1. The number of carboxylic acids is 1. The number of nitrogens with one attached hydrogen (secondary N) is 16. The lowest BCUT2D eigenvalue weighted by molar-refractivity contribution is -0.143. The summed E-state index contributed by atoms with van der Waals surface area (Å²) in [5, 5.41) is 88.9.